The minimum atomic E-state index is 0.428. The third-order valence-electron chi connectivity index (χ3n) is 3.06. The van der Waals surface area contributed by atoms with Crippen LogP contribution in [0.3, 0.4) is 0 Å². The quantitative estimate of drug-likeness (QED) is 0.863. The summed E-state index contributed by atoms with van der Waals surface area (Å²) < 4.78 is 3.87. The molecule has 0 radical (unpaired) electrons. The van der Waals surface area contributed by atoms with Gasteiger partial charge >= 0.3 is 0 Å². The van der Waals surface area contributed by atoms with Gasteiger partial charge in [-0.3, -0.25) is 0 Å². The van der Waals surface area contributed by atoms with Crippen LogP contribution >= 0.6 is 11.5 Å². The van der Waals surface area contributed by atoms with Gasteiger partial charge in [-0.25, -0.2) is 0 Å². The number of benzene rings is 1. The molecular formula is C12H13N3S. The van der Waals surface area contributed by atoms with Crippen molar-refractivity contribution in [2.75, 3.05) is 5.32 Å². The molecular weight excluding hydrogens is 218 g/mol. The number of rotatable bonds is 2. The van der Waals surface area contributed by atoms with Crippen LogP contribution in [0.15, 0.2) is 24.4 Å². The van der Waals surface area contributed by atoms with Gasteiger partial charge in [0.15, 0.2) is 0 Å². The second-order valence-electron chi connectivity index (χ2n) is 4.22. The van der Waals surface area contributed by atoms with E-state index in [2.05, 4.69) is 40.0 Å². The largest absolute Gasteiger partial charge is 0.368 e. The van der Waals surface area contributed by atoms with Crippen LogP contribution in [-0.4, -0.2) is 9.59 Å². The van der Waals surface area contributed by atoms with Crippen LogP contribution < -0.4 is 5.32 Å². The number of fused-ring (bicyclic) bond motifs is 1. The van der Waals surface area contributed by atoms with E-state index in [9.17, 15) is 0 Å². The van der Waals surface area contributed by atoms with Crippen molar-refractivity contribution in [1.82, 2.24) is 9.59 Å². The summed E-state index contributed by atoms with van der Waals surface area (Å²) in [6.45, 7) is 2.14. The van der Waals surface area contributed by atoms with Gasteiger partial charge in [0, 0.05) is 11.5 Å². The van der Waals surface area contributed by atoms with Gasteiger partial charge in [0.05, 0.1) is 12.2 Å². The summed E-state index contributed by atoms with van der Waals surface area (Å²) in [5.41, 5.74) is 4.24. The lowest BCUT2D eigenvalue weighted by Crippen LogP contribution is -2.05. The number of hydrogen-bond acceptors (Lipinski definition) is 4. The van der Waals surface area contributed by atoms with Crippen molar-refractivity contribution in [3.05, 3.63) is 41.1 Å². The maximum Gasteiger partial charge on any atom is 0.130 e. The summed E-state index contributed by atoms with van der Waals surface area (Å²) >= 11 is 1.42. The average Bonchev–Trinajstić information content (AvgIpc) is 2.90. The van der Waals surface area contributed by atoms with E-state index in [1.54, 1.807) is 6.20 Å². The SMILES string of the molecule is Cc1ccc2c(c1)C(Nc1cnns1)CC2. The molecule has 2 aromatic rings. The first-order chi connectivity index (χ1) is 7.83. The minimum Gasteiger partial charge on any atom is -0.368 e. The van der Waals surface area contributed by atoms with Crippen LogP contribution in [0.4, 0.5) is 5.00 Å². The van der Waals surface area contributed by atoms with E-state index in [-0.39, 0.29) is 0 Å². The van der Waals surface area contributed by atoms with Crippen LogP contribution in [0.5, 0.6) is 0 Å². The molecule has 0 spiro atoms. The van der Waals surface area contributed by atoms with Crippen molar-refractivity contribution < 1.29 is 0 Å². The number of aromatic nitrogens is 2. The molecule has 0 saturated carbocycles. The first-order valence-electron chi connectivity index (χ1n) is 5.46. The molecule has 1 aromatic heterocycles. The van der Waals surface area contributed by atoms with E-state index in [4.69, 9.17) is 0 Å². The number of nitrogens with zero attached hydrogens (tertiary/aromatic N) is 2. The Morgan fingerprint density at radius 1 is 1.44 bits per heavy atom. The maximum absolute atomic E-state index is 3.87. The Hall–Kier alpha value is -1.42. The average molecular weight is 231 g/mol. The van der Waals surface area contributed by atoms with Crippen molar-refractivity contribution >= 4 is 16.5 Å². The molecule has 3 rings (SSSR count). The second-order valence-corrected chi connectivity index (χ2v) is 5.01. The third-order valence-corrected chi connectivity index (χ3v) is 3.65. The fourth-order valence-electron chi connectivity index (χ4n) is 2.27. The first kappa shape index (κ1) is 9.78. The molecule has 0 fully saturated rings. The van der Waals surface area contributed by atoms with Crippen LogP contribution in [0, 0.1) is 6.92 Å². The highest BCUT2D eigenvalue weighted by Gasteiger charge is 2.22. The molecule has 82 valence electrons. The summed E-state index contributed by atoms with van der Waals surface area (Å²) in [6, 6.07) is 7.15. The lowest BCUT2D eigenvalue weighted by atomic mass is 10.1. The van der Waals surface area contributed by atoms with Crippen LogP contribution in [0.1, 0.15) is 29.2 Å². The molecule has 1 aromatic carbocycles. The Bertz CT molecular complexity index is 493. The molecule has 1 heterocycles. The fourth-order valence-corrected chi connectivity index (χ4v) is 2.75. The molecule has 1 unspecified atom stereocenters. The highest BCUT2D eigenvalue weighted by molar-refractivity contribution is 7.09. The predicted octanol–water partition coefficient (Wildman–Crippen LogP) is 2.95. The van der Waals surface area contributed by atoms with Crippen molar-refractivity contribution in [1.29, 1.82) is 0 Å². The molecule has 3 nitrogen and oxygen atoms in total. The Balaban J connectivity index is 1.88. The van der Waals surface area contributed by atoms with E-state index < -0.39 is 0 Å². The standard InChI is InChI=1S/C12H13N3S/c1-8-2-3-9-4-5-11(10(9)6-8)14-12-7-13-15-16-12/h2-3,6-7,11,14H,4-5H2,1H3. The smallest absolute Gasteiger partial charge is 0.130 e. The number of anilines is 1. The molecule has 0 amide bonds. The Morgan fingerprint density at radius 3 is 3.19 bits per heavy atom. The minimum absolute atomic E-state index is 0.428. The van der Waals surface area contributed by atoms with Gasteiger partial charge in [-0.15, -0.1) is 5.10 Å². The zero-order valence-electron chi connectivity index (χ0n) is 9.10. The molecule has 0 saturated heterocycles. The van der Waals surface area contributed by atoms with E-state index in [0.717, 1.165) is 11.4 Å². The van der Waals surface area contributed by atoms with Gasteiger partial charge in [0.25, 0.3) is 0 Å². The van der Waals surface area contributed by atoms with Gasteiger partial charge in [-0.2, -0.15) is 0 Å². The van der Waals surface area contributed by atoms with E-state index in [0.29, 0.717) is 6.04 Å². The normalized spacial score (nSPS) is 18.4. The highest BCUT2D eigenvalue weighted by Crippen LogP contribution is 2.34. The number of hydrogen-bond donors (Lipinski definition) is 1. The molecule has 1 N–H and O–H groups in total. The van der Waals surface area contributed by atoms with Crippen LogP contribution in [0.25, 0.3) is 0 Å². The van der Waals surface area contributed by atoms with E-state index >= 15 is 0 Å². The number of nitrogens with one attached hydrogen (secondary N) is 1. The second kappa shape index (κ2) is 3.87. The van der Waals surface area contributed by atoms with Gasteiger partial charge < -0.3 is 5.32 Å². The zero-order chi connectivity index (χ0) is 11.0. The summed E-state index contributed by atoms with van der Waals surface area (Å²) in [7, 11) is 0. The Labute approximate surface area is 98.7 Å². The Morgan fingerprint density at radius 2 is 2.38 bits per heavy atom. The third kappa shape index (κ3) is 1.69. The summed E-state index contributed by atoms with van der Waals surface area (Å²) in [6.07, 6.45) is 4.12. The van der Waals surface area contributed by atoms with Crippen molar-refractivity contribution in [2.24, 2.45) is 0 Å². The van der Waals surface area contributed by atoms with Crippen LogP contribution in [-0.2, 0) is 6.42 Å². The Kier molecular flexibility index (Phi) is 2.36. The van der Waals surface area contributed by atoms with Gasteiger partial charge in [-0.1, -0.05) is 28.3 Å². The molecule has 1 aliphatic rings. The van der Waals surface area contributed by atoms with Crippen molar-refractivity contribution in [3.63, 3.8) is 0 Å². The lowest BCUT2D eigenvalue weighted by Gasteiger charge is -2.13. The van der Waals surface area contributed by atoms with Crippen molar-refractivity contribution in [2.45, 2.75) is 25.8 Å². The molecule has 16 heavy (non-hydrogen) atoms. The van der Waals surface area contributed by atoms with Gasteiger partial charge in [0.2, 0.25) is 0 Å². The zero-order valence-corrected chi connectivity index (χ0v) is 9.92. The van der Waals surface area contributed by atoms with Gasteiger partial charge in [-0.05, 0) is 30.9 Å². The van der Waals surface area contributed by atoms with Crippen molar-refractivity contribution in [3.8, 4) is 0 Å². The highest BCUT2D eigenvalue weighted by atomic mass is 32.1. The maximum atomic E-state index is 3.87. The monoisotopic (exact) mass is 231 g/mol. The molecule has 1 atom stereocenters. The topological polar surface area (TPSA) is 37.8 Å². The molecule has 0 bridgehead atoms. The summed E-state index contributed by atoms with van der Waals surface area (Å²) in [5.74, 6) is 0. The lowest BCUT2D eigenvalue weighted by molar-refractivity contribution is 0.764. The fraction of sp³-hybridized carbons (Fsp3) is 0.333. The molecule has 0 aliphatic heterocycles. The first-order valence-corrected chi connectivity index (χ1v) is 6.23. The summed E-state index contributed by atoms with van der Waals surface area (Å²) in [5, 5.41) is 8.40. The van der Waals surface area contributed by atoms with Crippen LogP contribution in [0.2, 0.25) is 0 Å². The molecule has 4 heteroatoms. The predicted molar refractivity (Wildman–Crippen MR) is 65.8 cm³/mol. The molecule has 1 aliphatic carbocycles. The summed E-state index contributed by atoms with van der Waals surface area (Å²) in [4.78, 5) is 0. The van der Waals surface area contributed by atoms with E-state index in [1.165, 1.54) is 34.6 Å². The van der Waals surface area contributed by atoms with Gasteiger partial charge in [0.1, 0.15) is 5.00 Å². The number of aryl methyl sites for hydroxylation is 2. The van der Waals surface area contributed by atoms with E-state index in [1.807, 2.05) is 0 Å².